The summed E-state index contributed by atoms with van der Waals surface area (Å²) >= 11 is 0. The number of ether oxygens (including phenoxy) is 1. The zero-order valence-electron chi connectivity index (χ0n) is 13.8. The highest BCUT2D eigenvalue weighted by Crippen LogP contribution is 2.18. The average Bonchev–Trinajstić information content (AvgIpc) is 2.73. The van der Waals surface area contributed by atoms with Crippen molar-refractivity contribution in [2.45, 2.75) is 45.4 Å². The molecule has 0 aromatic heterocycles. The third-order valence-electron chi connectivity index (χ3n) is 3.36. The summed E-state index contributed by atoms with van der Waals surface area (Å²) in [6.07, 6.45) is -0.817. The molecule has 7 heteroatoms. The Morgan fingerprint density at radius 1 is 1.33 bits per heavy atom. The zero-order chi connectivity index (χ0) is 17.9. The van der Waals surface area contributed by atoms with Gasteiger partial charge in [-0.05, 0) is 38.5 Å². The molecule has 2 rings (SSSR count). The highest BCUT2D eigenvalue weighted by molar-refractivity contribution is 6.06. The van der Waals surface area contributed by atoms with Gasteiger partial charge >= 0.3 is 6.09 Å². The maximum absolute atomic E-state index is 12.3. The number of imide groups is 1. The molecule has 1 saturated heterocycles. The van der Waals surface area contributed by atoms with Crippen LogP contribution in [0.2, 0.25) is 0 Å². The second-order valence-corrected chi connectivity index (χ2v) is 6.53. The molecule has 0 radical (unpaired) electrons. The third kappa shape index (κ3) is 4.32. The fourth-order valence-electron chi connectivity index (χ4n) is 2.28. The maximum atomic E-state index is 12.3. The van der Waals surface area contributed by atoms with Crippen LogP contribution in [-0.2, 0) is 20.9 Å². The van der Waals surface area contributed by atoms with Crippen molar-refractivity contribution >= 4 is 17.9 Å². The van der Waals surface area contributed by atoms with Crippen LogP contribution in [0.15, 0.2) is 24.3 Å². The number of likely N-dealkylation sites (tertiary alicyclic amines) is 1. The largest absolute Gasteiger partial charge is 0.444 e. The van der Waals surface area contributed by atoms with E-state index in [1.165, 1.54) is 0 Å². The van der Waals surface area contributed by atoms with Crippen molar-refractivity contribution < 1.29 is 19.1 Å². The van der Waals surface area contributed by atoms with E-state index in [1.54, 1.807) is 45.0 Å². The number of hydrogen-bond donors (Lipinski definition) is 1. The Bertz CT molecular complexity index is 698. The predicted molar refractivity (Wildman–Crippen MR) is 84.5 cm³/mol. The molecular formula is C17H19N3O4. The fourth-order valence-corrected chi connectivity index (χ4v) is 2.28. The number of benzene rings is 1. The van der Waals surface area contributed by atoms with Crippen molar-refractivity contribution in [2.75, 3.05) is 0 Å². The highest BCUT2D eigenvalue weighted by atomic mass is 16.6. The lowest BCUT2D eigenvalue weighted by atomic mass is 10.1. The smallest absolute Gasteiger partial charge is 0.408 e. The molecule has 3 amide bonds. The average molecular weight is 329 g/mol. The summed E-state index contributed by atoms with van der Waals surface area (Å²) < 4.78 is 5.10. The summed E-state index contributed by atoms with van der Waals surface area (Å²) in [7, 11) is 0. The monoisotopic (exact) mass is 329 g/mol. The number of alkyl carbamates (subject to hydrolysis) is 1. The van der Waals surface area contributed by atoms with E-state index >= 15 is 0 Å². The van der Waals surface area contributed by atoms with E-state index in [0.717, 1.165) is 10.5 Å². The number of amides is 3. The molecule has 0 unspecified atom stereocenters. The molecule has 1 aliphatic heterocycles. The fraction of sp³-hybridized carbons (Fsp3) is 0.412. The van der Waals surface area contributed by atoms with Gasteiger partial charge in [0.25, 0.3) is 5.91 Å². The number of carbonyl (C=O) groups is 3. The second-order valence-electron chi connectivity index (χ2n) is 6.53. The van der Waals surface area contributed by atoms with Gasteiger partial charge in [-0.15, -0.1) is 0 Å². The molecule has 1 atom stereocenters. The van der Waals surface area contributed by atoms with Crippen molar-refractivity contribution in [1.82, 2.24) is 10.2 Å². The molecule has 1 aliphatic rings. The van der Waals surface area contributed by atoms with Gasteiger partial charge in [0.2, 0.25) is 5.91 Å². The lowest BCUT2D eigenvalue weighted by Crippen LogP contribution is -2.43. The Labute approximate surface area is 140 Å². The molecular weight excluding hydrogens is 310 g/mol. The van der Waals surface area contributed by atoms with Crippen molar-refractivity contribution in [1.29, 1.82) is 5.26 Å². The van der Waals surface area contributed by atoms with Crippen LogP contribution in [0, 0.1) is 11.3 Å². The van der Waals surface area contributed by atoms with E-state index in [-0.39, 0.29) is 18.9 Å². The van der Waals surface area contributed by atoms with Gasteiger partial charge in [-0.2, -0.15) is 5.26 Å². The Morgan fingerprint density at radius 2 is 1.96 bits per heavy atom. The lowest BCUT2D eigenvalue weighted by Gasteiger charge is -2.21. The summed E-state index contributed by atoms with van der Waals surface area (Å²) in [5.41, 5.74) is 0.550. The van der Waals surface area contributed by atoms with Crippen molar-refractivity contribution in [3.8, 4) is 6.07 Å². The van der Waals surface area contributed by atoms with Crippen molar-refractivity contribution in [2.24, 2.45) is 0 Å². The molecule has 1 heterocycles. The summed E-state index contributed by atoms with van der Waals surface area (Å²) in [5.74, 6) is -0.819. The van der Waals surface area contributed by atoms with Gasteiger partial charge in [0.05, 0.1) is 24.6 Å². The first-order valence-corrected chi connectivity index (χ1v) is 7.52. The van der Waals surface area contributed by atoms with Gasteiger partial charge in [0.15, 0.2) is 0 Å². The van der Waals surface area contributed by atoms with E-state index < -0.39 is 23.6 Å². The third-order valence-corrected chi connectivity index (χ3v) is 3.36. The van der Waals surface area contributed by atoms with E-state index in [1.807, 2.05) is 6.07 Å². The number of hydrogen-bond acceptors (Lipinski definition) is 5. The molecule has 0 spiro atoms. The quantitative estimate of drug-likeness (QED) is 0.851. The molecule has 7 nitrogen and oxygen atoms in total. The van der Waals surface area contributed by atoms with Crippen LogP contribution in [0.1, 0.15) is 38.3 Å². The maximum Gasteiger partial charge on any atom is 0.408 e. The first-order valence-electron chi connectivity index (χ1n) is 7.52. The SMILES string of the molecule is CC(C)(C)OC(=O)N[C@H]1CC(=O)N(Cc2ccc(C#N)cc2)C1=O. The molecule has 1 N–H and O–H groups in total. The molecule has 1 fully saturated rings. The Balaban J connectivity index is 2.00. The van der Waals surface area contributed by atoms with Gasteiger partial charge < -0.3 is 10.1 Å². The normalized spacial score (nSPS) is 17.6. The summed E-state index contributed by atoms with van der Waals surface area (Å²) in [6.45, 7) is 5.25. The van der Waals surface area contributed by atoms with Crippen LogP contribution in [0.25, 0.3) is 0 Å². The minimum atomic E-state index is -0.911. The van der Waals surface area contributed by atoms with Crippen LogP contribution in [-0.4, -0.2) is 34.5 Å². The number of nitrogens with one attached hydrogen (secondary N) is 1. The van der Waals surface area contributed by atoms with Gasteiger partial charge in [0, 0.05) is 0 Å². The van der Waals surface area contributed by atoms with Crippen LogP contribution < -0.4 is 5.32 Å². The topological polar surface area (TPSA) is 99.5 Å². The number of nitriles is 1. The lowest BCUT2D eigenvalue weighted by molar-refractivity contribution is -0.139. The van der Waals surface area contributed by atoms with Crippen LogP contribution >= 0.6 is 0 Å². The molecule has 0 bridgehead atoms. The van der Waals surface area contributed by atoms with E-state index in [2.05, 4.69) is 5.32 Å². The zero-order valence-corrected chi connectivity index (χ0v) is 13.8. The number of rotatable bonds is 3. The Hall–Kier alpha value is -2.88. The van der Waals surface area contributed by atoms with E-state index in [0.29, 0.717) is 5.56 Å². The molecule has 1 aromatic rings. The number of nitrogens with zero attached hydrogens (tertiary/aromatic N) is 2. The standard InChI is InChI=1S/C17H19N3O4/c1-17(2,3)24-16(23)19-13-8-14(21)20(15(13)22)10-12-6-4-11(9-18)5-7-12/h4-7,13H,8,10H2,1-3H3,(H,19,23)/t13-/m0/s1. The summed E-state index contributed by atoms with van der Waals surface area (Å²) in [6, 6.07) is 7.71. The summed E-state index contributed by atoms with van der Waals surface area (Å²) in [5, 5.41) is 11.2. The molecule has 24 heavy (non-hydrogen) atoms. The van der Waals surface area contributed by atoms with Crippen LogP contribution in [0.4, 0.5) is 4.79 Å². The van der Waals surface area contributed by atoms with Crippen molar-refractivity contribution in [3.63, 3.8) is 0 Å². The number of carbonyl (C=O) groups excluding carboxylic acids is 3. The van der Waals surface area contributed by atoms with Gasteiger partial charge in [-0.3, -0.25) is 14.5 Å². The predicted octanol–water partition coefficient (Wildman–Crippen LogP) is 1.71. The van der Waals surface area contributed by atoms with Gasteiger partial charge in [0.1, 0.15) is 11.6 Å². The first kappa shape index (κ1) is 17.5. The van der Waals surface area contributed by atoms with Gasteiger partial charge in [-0.1, -0.05) is 12.1 Å². The van der Waals surface area contributed by atoms with Crippen LogP contribution in [0.5, 0.6) is 0 Å². The van der Waals surface area contributed by atoms with E-state index in [9.17, 15) is 14.4 Å². The van der Waals surface area contributed by atoms with Crippen LogP contribution in [0.3, 0.4) is 0 Å². The minimum absolute atomic E-state index is 0.0889. The molecule has 0 aliphatic carbocycles. The minimum Gasteiger partial charge on any atom is -0.444 e. The first-order chi connectivity index (χ1) is 11.2. The van der Waals surface area contributed by atoms with E-state index in [4.69, 9.17) is 10.00 Å². The van der Waals surface area contributed by atoms with Crippen molar-refractivity contribution in [3.05, 3.63) is 35.4 Å². The molecule has 126 valence electrons. The second kappa shape index (κ2) is 6.71. The highest BCUT2D eigenvalue weighted by Gasteiger charge is 2.40. The Kier molecular flexibility index (Phi) is 4.88. The molecule has 0 saturated carbocycles. The molecule has 1 aromatic carbocycles. The summed E-state index contributed by atoms with van der Waals surface area (Å²) in [4.78, 5) is 37.2. The Morgan fingerprint density at radius 3 is 2.50 bits per heavy atom. The van der Waals surface area contributed by atoms with Gasteiger partial charge in [-0.25, -0.2) is 4.79 Å².